The molecule has 1 aliphatic rings. The van der Waals surface area contributed by atoms with Gasteiger partial charge in [-0.05, 0) is 22.0 Å². The molecule has 6 heteroatoms. The first-order valence-electron chi connectivity index (χ1n) is 4.24. The predicted octanol–water partition coefficient (Wildman–Crippen LogP) is 2.60. The average Bonchev–Trinajstić information content (AvgIpc) is 1.98. The zero-order valence-corrected chi connectivity index (χ0v) is 9.06. The van der Waals surface area contributed by atoms with Gasteiger partial charge in [0.05, 0.1) is 0 Å². The monoisotopic (exact) mass is 281 g/mol. The molecule has 1 aromatic heterocycles. The van der Waals surface area contributed by atoms with Crippen molar-refractivity contribution >= 4 is 15.9 Å². The molecule has 1 fully saturated rings. The van der Waals surface area contributed by atoms with Crippen molar-refractivity contribution in [2.75, 3.05) is 0 Å². The van der Waals surface area contributed by atoms with Crippen LogP contribution in [-0.4, -0.2) is 16.0 Å². The molecule has 1 aromatic rings. The molecule has 0 aromatic carbocycles. The van der Waals surface area contributed by atoms with Gasteiger partial charge in [-0.15, -0.1) is 0 Å². The third kappa shape index (κ3) is 1.88. The first-order chi connectivity index (χ1) is 6.82. The first kappa shape index (κ1) is 10.9. The Labute approximate surface area is 92.3 Å². The Morgan fingerprint density at radius 3 is 2.47 bits per heavy atom. The highest BCUT2D eigenvalue weighted by atomic mass is 79.9. The fourth-order valence-corrected chi connectivity index (χ4v) is 2.03. The molecule has 15 heavy (non-hydrogen) atoms. The molecule has 0 bridgehead atoms. The summed E-state index contributed by atoms with van der Waals surface area (Å²) in [4.78, 5) is 3.63. The molecule has 1 heterocycles. The summed E-state index contributed by atoms with van der Waals surface area (Å²) in [7, 11) is 0. The van der Waals surface area contributed by atoms with Gasteiger partial charge in [-0.25, -0.2) is 13.2 Å². The van der Waals surface area contributed by atoms with E-state index < -0.39 is 30.2 Å². The van der Waals surface area contributed by atoms with E-state index >= 15 is 0 Å². The second kappa shape index (κ2) is 3.18. The van der Waals surface area contributed by atoms with E-state index in [9.17, 15) is 18.3 Å². The van der Waals surface area contributed by atoms with Crippen molar-refractivity contribution in [3.05, 3.63) is 28.2 Å². The van der Waals surface area contributed by atoms with Crippen LogP contribution in [0.25, 0.3) is 0 Å². The minimum Gasteiger partial charge on any atom is -0.383 e. The van der Waals surface area contributed by atoms with Crippen molar-refractivity contribution in [2.45, 2.75) is 24.4 Å². The largest absolute Gasteiger partial charge is 0.383 e. The minimum atomic E-state index is -2.92. The summed E-state index contributed by atoms with van der Waals surface area (Å²) >= 11 is 2.99. The Balaban J connectivity index is 2.32. The summed E-state index contributed by atoms with van der Waals surface area (Å²) in [5.74, 6) is -3.70. The molecule has 0 aliphatic heterocycles. The van der Waals surface area contributed by atoms with Gasteiger partial charge in [-0.3, -0.25) is 4.98 Å². The van der Waals surface area contributed by atoms with Crippen LogP contribution in [0.15, 0.2) is 16.7 Å². The second-order valence-electron chi connectivity index (χ2n) is 3.73. The molecular weight excluding hydrogens is 275 g/mol. The summed E-state index contributed by atoms with van der Waals surface area (Å²) < 4.78 is 38.9. The quantitative estimate of drug-likeness (QED) is 0.858. The zero-order valence-electron chi connectivity index (χ0n) is 7.48. The highest BCUT2D eigenvalue weighted by Crippen LogP contribution is 2.51. The van der Waals surface area contributed by atoms with Gasteiger partial charge < -0.3 is 5.11 Å². The lowest BCUT2D eigenvalue weighted by molar-refractivity contribution is -0.213. The normalized spacial score (nSPS) is 22.2. The lowest BCUT2D eigenvalue weighted by Crippen LogP contribution is -2.50. The highest BCUT2D eigenvalue weighted by molar-refractivity contribution is 9.10. The SMILES string of the molecule is OC1(c2ncc(Br)cc2F)CC(F)(F)C1. The van der Waals surface area contributed by atoms with Gasteiger partial charge >= 0.3 is 0 Å². The molecule has 2 nitrogen and oxygen atoms in total. The van der Waals surface area contributed by atoms with E-state index in [0.717, 1.165) is 6.07 Å². The number of pyridine rings is 1. The summed E-state index contributed by atoms with van der Waals surface area (Å²) in [5.41, 5.74) is -2.13. The Kier molecular flexibility index (Phi) is 2.31. The molecule has 0 atom stereocenters. The molecule has 1 N–H and O–H groups in total. The van der Waals surface area contributed by atoms with Crippen molar-refractivity contribution < 1.29 is 18.3 Å². The van der Waals surface area contributed by atoms with Gasteiger partial charge in [0.25, 0.3) is 5.92 Å². The van der Waals surface area contributed by atoms with Crippen LogP contribution in [0, 0.1) is 5.82 Å². The van der Waals surface area contributed by atoms with Crippen LogP contribution < -0.4 is 0 Å². The lowest BCUT2D eigenvalue weighted by atomic mass is 9.74. The van der Waals surface area contributed by atoms with Gasteiger partial charge in [0.15, 0.2) is 0 Å². The summed E-state index contributed by atoms with van der Waals surface area (Å²) in [6, 6.07) is 1.09. The Bertz CT molecular complexity index is 402. The maximum Gasteiger partial charge on any atom is 0.254 e. The number of alkyl halides is 2. The molecule has 82 valence electrons. The van der Waals surface area contributed by atoms with Crippen LogP contribution >= 0.6 is 15.9 Å². The van der Waals surface area contributed by atoms with Crippen LogP contribution in [0.3, 0.4) is 0 Å². The molecule has 0 unspecified atom stereocenters. The fraction of sp³-hybridized carbons (Fsp3) is 0.444. The number of nitrogens with zero attached hydrogens (tertiary/aromatic N) is 1. The molecule has 0 radical (unpaired) electrons. The van der Waals surface area contributed by atoms with Crippen LogP contribution in [0.4, 0.5) is 13.2 Å². The molecular formula is C9H7BrF3NO. The number of hydrogen-bond acceptors (Lipinski definition) is 2. The minimum absolute atomic E-state index is 0.309. The first-order valence-corrected chi connectivity index (χ1v) is 5.03. The topological polar surface area (TPSA) is 33.1 Å². The number of aromatic nitrogens is 1. The second-order valence-corrected chi connectivity index (χ2v) is 4.64. The fourth-order valence-electron chi connectivity index (χ4n) is 1.73. The van der Waals surface area contributed by atoms with Gasteiger partial charge in [-0.2, -0.15) is 0 Å². The maximum atomic E-state index is 13.3. The van der Waals surface area contributed by atoms with E-state index in [1.54, 1.807) is 0 Å². The maximum absolute atomic E-state index is 13.3. The standard InChI is InChI=1S/C9H7BrF3NO/c10-5-1-6(11)7(14-2-5)8(15)3-9(12,13)4-8/h1-2,15H,3-4H2. The van der Waals surface area contributed by atoms with Gasteiger partial charge in [0.1, 0.15) is 17.1 Å². The highest BCUT2D eigenvalue weighted by Gasteiger charge is 2.58. The zero-order chi connectivity index (χ0) is 11.3. The summed E-state index contributed by atoms with van der Waals surface area (Å²) in [5, 5.41) is 9.69. The molecule has 2 rings (SSSR count). The molecule has 1 saturated carbocycles. The molecule has 0 spiro atoms. The molecule has 0 saturated heterocycles. The average molecular weight is 282 g/mol. The van der Waals surface area contributed by atoms with Crippen molar-refractivity contribution in [3.8, 4) is 0 Å². The summed E-state index contributed by atoms with van der Waals surface area (Å²) in [6.45, 7) is 0. The molecule has 0 amide bonds. The van der Waals surface area contributed by atoms with Gasteiger partial charge in [-0.1, -0.05) is 0 Å². The van der Waals surface area contributed by atoms with E-state index in [1.165, 1.54) is 6.20 Å². The van der Waals surface area contributed by atoms with Crippen LogP contribution in [-0.2, 0) is 5.60 Å². The summed E-state index contributed by atoms with van der Waals surface area (Å²) in [6.07, 6.45) is -0.274. The van der Waals surface area contributed by atoms with Crippen LogP contribution in [0.1, 0.15) is 18.5 Å². The Morgan fingerprint density at radius 2 is 2.00 bits per heavy atom. The van der Waals surface area contributed by atoms with Crippen LogP contribution in [0.5, 0.6) is 0 Å². The van der Waals surface area contributed by atoms with Gasteiger partial charge in [0, 0.05) is 23.5 Å². The number of aliphatic hydroxyl groups is 1. The number of rotatable bonds is 1. The van der Waals surface area contributed by atoms with Crippen molar-refractivity contribution in [3.63, 3.8) is 0 Å². The van der Waals surface area contributed by atoms with E-state index in [4.69, 9.17) is 0 Å². The number of halogens is 4. The third-order valence-corrected chi connectivity index (χ3v) is 2.78. The van der Waals surface area contributed by atoms with Gasteiger partial charge in [0.2, 0.25) is 0 Å². The Morgan fingerprint density at radius 1 is 1.40 bits per heavy atom. The Hall–Kier alpha value is -0.620. The lowest BCUT2D eigenvalue weighted by Gasteiger charge is -2.42. The molecule has 1 aliphatic carbocycles. The number of hydrogen-bond donors (Lipinski definition) is 1. The third-order valence-electron chi connectivity index (χ3n) is 2.35. The van der Waals surface area contributed by atoms with Crippen molar-refractivity contribution in [1.82, 2.24) is 4.98 Å². The van der Waals surface area contributed by atoms with E-state index in [1.807, 2.05) is 0 Å². The van der Waals surface area contributed by atoms with Crippen LogP contribution in [0.2, 0.25) is 0 Å². The van der Waals surface area contributed by atoms with E-state index in [-0.39, 0.29) is 5.69 Å². The van der Waals surface area contributed by atoms with Crippen molar-refractivity contribution in [2.24, 2.45) is 0 Å². The predicted molar refractivity (Wildman–Crippen MR) is 50.0 cm³/mol. The van der Waals surface area contributed by atoms with E-state index in [2.05, 4.69) is 20.9 Å². The smallest absolute Gasteiger partial charge is 0.254 e. The van der Waals surface area contributed by atoms with Crippen molar-refractivity contribution in [1.29, 1.82) is 0 Å². The van der Waals surface area contributed by atoms with E-state index in [0.29, 0.717) is 4.47 Å².